The Bertz CT molecular complexity index is 242. The number of aryl methyl sites for hydroxylation is 1. The fraction of sp³-hybridized carbons (Fsp3) is 0.200. The van der Waals surface area contributed by atoms with Crippen LogP contribution >= 0.6 is 0 Å². The molecule has 0 radical (unpaired) electrons. The number of nitrogens with one attached hydrogen (secondary N) is 2. The zero-order valence-electron chi connectivity index (χ0n) is 5.51. The highest BCUT2D eigenvalue weighted by atomic mass is 16.2. The molecule has 2 amide bonds. The number of hydrogen-bond acceptors (Lipinski definition) is 2. The zero-order chi connectivity index (χ0) is 7.56. The van der Waals surface area contributed by atoms with Crippen molar-refractivity contribution in [3.63, 3.8) is 0 Å². The molecule has 1 heterocycles. The van der Waals surface area contributed by atoms with Gasteiger partial charge in [0.05, 0.1) is 17.6 Å². The van der Waals surface area contributed by atoms with Crippen LogP contribution in [-0.2, 0) is 0 Å². The number of aromatic amines is 1. The summed E-state index contributed by atoms with van der Waals surface area (Å²) in [5, 5.41) is 8.73. The third-order valence-electron chi connectivity index (χ3n) is 1.09. The van der Waals surface area contributed by atoms with Crippen molar-refractivity contribution in [1.29, 1.82) is 0 Å². The van der Waals surface area contributed by atoms with Gasteiger partial charge in [-0.1, -0.05) is 0 Å². The van der Waals surface area contributed by atoms with Gasteiger partial charge in [-0.15, -0.1) is 0 Å². The van der Waals surface area contributed by atoms with Crippen molar-refractivity contribution in [2.75, 3.05) is 5.32 Å². The Morgan fingerprint density at radius 3 is 3.00 bits per heavy atom. The average Bonchev–Trinajstić information content (AvgIpc) is 2.15. The van der Waals surface area contributed by atoms with Crippen LogP contribution in [0.3, 0.4) is 0 Å². The summed E-state index contributed by atoms with van der Waals surface area (Å²) in [6, 6.07) is -0.579. The van der Waals surface area contributed by atoms with Crippen LogP contribution in [-0.4, -0.2) is 16.2 Å². The van der Waals surface area contributed by atoms with Crippen molar-refractivity contribution in [1.82, 2.24) is 10.2 Å². The van der Waals surface area contributed by atoms with Gasteiger partial charge >= 0.3 is 6.03 Å². The molecule has 0 aromatic carbocycles. The van der Waals surface area contributed by atoms with Crippen LogP contribution in [0.4, 0.5) is 10.5 Å². The van der Waals surface area contributed by atoms with Crippen LogP contribution in [0.25, 0.3) is 0 Å². The Kier molecular flexibility index (Phi) is 1.57. The molecule has 0 fully saturated rings. The van der Waals surface area contributed by atoms with Gasteiger partial charge in [0, 0.05) is 0 Å². The molecule has 5 nitrogen and oxygen atoms in total. The van der Waals surface area contributed by atoms with E-state index in [4.69, 9.17) is 5.73 Å². The lowest BCUT2D eigenvalue weighted by Crippen LogP contribution is -2.19. The van der Waals surface area contributed by atoms with Crippen molar-refractivity contribution in [3.8, 4) is 0 Å². The molecular formula is C5H8N4O. The third kappa shape index (κ3) is 1.25. The summed E-state index contributed by atoms with van der Waals surface area (Å²) in [6.07, 6.45) is 1.50. The van der Waals surface area contributed by atoms with E-state index in [1.165, 1.54) is 6.20 Å². The van der Waals surface area contributed by atoms with Gasteiger partial charge in [0.15, 0.2) is 0 Å². The standard InChI is InChI=1S/C5H8N4O/c1-3-4(2-7-9-3)8-5(6)10/h2H,1H3,(H,7,9)(H3,6,8,10). The van der Waals surface area contributed by atoms with E-state index < -0.39 is 6.03 Å². The highest BCUT2D eigenvalue weighted by Gasteiger charge is 1.99. The van der Waals surface area contributed by atoms with Crippen LogP contribution in [0.5, 0.6) is 0 Å². The lowest BCUT2D eigenvalue weighted by atomic mass is 10.4. The Hall–Kier alpha value is -1.52. The maximum Gasteiger partial charge on any atom is 0.316 e. The second kappa shape index (κ2) is 2.38. The van der Waals surface area contributed by atoms with E-state index in [-0.39, 0.29) is 0 Å². The summed E-state index contributed by atoms with van der Waals surface area (Å²) in [7, 11) is 0. The molecule has 1 rings (SSSR count). The van der Waals surface area contributed by atoms with E-state index in [1.807, 2.05) is 0 Å². The monoisotopic (exact) mass is 140 g/mol. The molecule has 0 aliphatic carbocycles. The van der Waals surface area contributed by atoms with Crippen molar-refractivity contribution in [2.45, 2.75) is 6.92 Å². The second-order valence-corrected chi connectivity index (χ2v) is 1.90. The Labute approximate surface area is 57.6 Å². The van der Waals surface area contributed by atoms with E-state index >= 15 is 0 Å². The van der Waals surface area contributed by atoms with Crippen molar-refractivity contribution >= 4 is 11.7 Å². The Morgan fingerprint density at radius 2 is 2.60 bits per heavy atom. The summed E-state index contributed by atoms with van der Waals surface area (Å²) in [6.45, 7) is 1.79. The van der Waals surface area contributed by atoms with Gasteiger partial charge < -0.3 is 11.1 Å². The van der Waals surface area contributed by atoms with Gasteiger partial charge in [0.1, 0.15) is 0 Å². The fourth-order valence-corrected chi connectivity index (χ4v) is 0.609. The highest BCUT2D eigenvalue weighted by Crippen LogP contribution is 2.07. The largest absolute Gasteiger partial charge is 0.351 e. The molecule has 4 N–H and O–H groups in total. The molecule has 54 valence electrons. The van der Waals surface area contributed by atoms with Gasteiger partial charge in [-0.05, 0) is 6.92 Å². The van der Waals surface area contributed by atoms with Crippen molar-refractivity contribution in [2.24, 2.45) is 5.73 Å². The fourth-order valence-electron chi connectivity index (χ4n) is 0.609. The minimum Gasteiger partial charge on any atom is -0.351 e. The Balaban J connectivity index is 2.74. The number of nitrogens with two attached hydrogens (primary N) is 1. The first-order valence-corrected chi connectivity index (χ1v) is 2.76. The lowest BCUT2D eigenvalue weighted by molar-refractivity contribution is 0.259. The lowest BCUT2D eigenvalue weighted by Gasteiger charge is -1.95. The molecule has 5 heteroatoms. The van der Waals surface area contributed by atoms with Crippen LogP contribution in [0.1, 0.15) is 5.69 Å². The number of aromatic nitrogens is 2. The van der Waals surface area contributed by atoms with Crippen LogP contribution in [0, 0.1) is 6.92 Å². The average molecular weight is 140 g/mol. The number of urea groups is 1. The number of H-pyrrole nitrogens is 1. The number of nitrogens with zero attached hydrogens (tertiary/aromatic N) is 1. The number of hydrogen-bond donors (Lipinski definition) is 3. The molecule has 0 unspecified atom stereocenters. The predicted molar refractivity (Wildman–Crippen MR) is 36.5 cm³/mol. The molecule has 0 aliphatic rings. The van der Waals surface area contributed by atoms with E-state index in [9.17, 15) is 4.79 Å². The van der Waals surface area contributed by atoms with Crippen molar-refractivity contribution < 1.29 is 4.79 Å². The number of anilines is 1. The maximum absolute atomic E-state index is 10.3. The molecule has 10 heavy (non-hydrogen) atoms. The molecular weight excluding hydrogens is 132 g/mol. The first-order chi connectivity index (χ1) is 4.70. The predicted octanol–water partition coefficient (Wildman–Crippen LogP) is 0.209. The zero-order valence-corrected chi connectivity index (χ0v) is 5.51. The topological polar surface area (TPSA) is 83.8 Å². The summed E-state index contributed by atoms with van der Waals surface area (Å²) in [5.74, 6) is 0. The van der Waals surface area contributed by atoms with Gasteiger partial charge in [0.2, 0.25) is 0 Å². The molecule has 1 aromatic rings. The molecule has 1 aromatic heterocycles. The minimum absolute atomic E-state index is 0.579. The number of carbonyl (C=O) groups is 1. The van der Waals surface area contributed by atoms with Crippen LogP contribution in [0.15, 0.2) is 6.20 Å². The smallest absolute Gasteiger partial charge is 0.316 e. The maximum atomic E-state index is 10.3. The SMILES string of the molecule is Cc1[nH]ncc1NC(N)=O. The summed E-state index contributed by atoms with van der Waals surface area (Å²) < 4.78 is 0. The summed E-state index contributed by atoms with van der Waals surface area (Å²) in [4.78, 5) is 10.3. The molecule has 0 spiro atoms. The van der Waals surface area contributed by atoms with Crippen molar-refractivity contribution in [3.05, 3.63) is 11.9 Å². The molecule has 0 bridgehead atoms. The van der Waals surface area contributed by atoms with Gasteiger partial charge in [0.25, 0.3) is 0 Å². The number of primary amides is 1. The number of carbonyl (C=O) groups excluding carboxylic acids is 1. The van der Waals surface area contributed by atoms with E-state index in [1.54, 1.807) is 6.92 Å². The highest BCUT2D eigenvalue weighted by molar-refractivity contribution is 5.88. The first-order valence-electron chi connectivity index (χ1n) is 2.76. The van der Waals surface area contributed by atoms with E-state index in [2.05, 4.69) is 15.5 Å². The number of rotatable bonds is 1. The molecule has 0 atom stereocenters. The van der Waals surface area contributed by atoms with Crippen LogP contribution in [0.2, 0.25) is 0 Å². The quantitative estimate of drug-likeness (QED) is 0.521. The Morgan fingerprint density at radius 1 is 1.90 bits per heavy atom. The number of amides is 2. The molecule has 0 saturated carbocycles. The third-order valence-corrected chi connectivity index (χ3v) is 1.09. The molecule has 0 aliphatic heterocycles. The first kappa shape index (κ1) is 6.60. The second-order valence-electron chi connectivity index (χ2n) is 1.90. The minimum atomic E-state index is -0.579. The van der Waals surface area contributed by atoms with Gasteiger partial charge in [-0.2, -0.15) is 5.10 Å². The van der Waals surface area contributed by atoms with E-state index in [0.717, 1.165) is 5.69 Å². The van der Waals surface area contributed by atoms with Gasteiger partial charge in [-0.3, -0.25) is 5.10 Å². The van der Waals surface area contributed by atoms with Crippen LogP contribution < -0.4 is 11.1 Å². The normalized spacial score (nSPS) is 9.30. The molecule has 0 saturated heterocycles. The van der Waals surface area contributed by atoms with E-state index in [0.29, 0.717) is 5.69 Å². The van der Waals surface area contributed by atoms with Gasteiger partial charge in [-0.25, -0.2) is 4.79 Å². The summed E-state index contributed by atoms with van der Waals surface area (Å²) in [5.41, 5.74) is 6.27. The summed E-state index contributed by atoms with van der Waals surface area (Å²) >= 11 is 0.